The zero-order valence-electron chi connectivity index (χ0n) is 22.8. The average Bonchev–Trinajstić information content (AvgIpc) is 3.75. The molecule has 0 bridgehead atoms. The molecule has 3 heterocycles. The van der Waals surface area contributed by atoms with Gasteiger partial charge in [0.25, 0.3) is 11.8 Å². The Hall–Kier alpha value is -4.26. The van der Waals surface area contributed by atoms with Crippen LogP contribution < -0.4 is 19.9 Å². The predicted octanol–water partition coefficient (Wildman–Crippen LogP) is 6.09. The zero-order chi connectivity index (χ0) is 30.1. The molecule has 2 amide bonds. The molecule has 1 saturated carbocycles. The number of hydrogen-bond acceptors (Lipinski definition) is 10. The average molecular weight is 640 g/mol. The Labute approximate surface area is 260 Å². The first-order valence-corrected chi connectivity index (χ1v) is 15.0. The van der Waals surface area contributed by atoms with Crippen molar-refractivity contribution in [3.63, 3.8) is 0 Å². The molecule has 0 saturated heterocycles. The number of ether oxygens (including phenoxy) is 2. The third-order valence-electron chi connectivity index (χ3n) is 6.87. The normalized spacial score (nSPS) is 14.2. The molecule has 0 atom stereocenters. The van der Waals surface area contributed by atoms with Crippen molar-refractivity contribution in [1.29, 1.82) is 0 Å². The van der Waals surface area contributed by atoms with Gasteiger partial charge in [-0.25, -0.2) is 4.79 Å². The van der Waals surface area contributed by atoms with Gasteiger partial charge in [0.2, 0.25) is 10.1 Å². The molecule has 0 unspecified atom stereocenters. The summed E-state index contributed by atoms with van der Waals surface area (Å²) >= 11 is 13.8. The van der Waals surface area contributed by atoms with E-state index in [9.17, 15) is 14.4 Å². The molecular formula is C29H24Cl2N6O5S. The minimum Gasteiger partial charge on any atom is -0.461 e. The van der Waals surface area contributed by atoms with Crippen molar-refractivity contribution in [1.82, 2.24) is 15.2 Å². The predicted molar refractivity (Wildman–Crippen MR) is 163 cm³/mol. The Bertz CT molecular complexity index is 1730. The molecule has 2 aliphatic rings. The first kappa shape index (κ1) is 28.8. The summed E-state index contributed by atoms with van der Waals surface area (Å²) in [7, 11) is 0. The fraction of sp³-hybridized carbons (Fsp3) is 0.241. The van der Waals surface area contributed by atoms with Crippen LogP contribution in [0.5, 0.6) is 11.5 Å². The second kappa shape index (κ2) is 12.2. The van der Waals surface area contributed by atoms with Gasteiger partial charge in [-0.1, -0.05) is 46.7 Å². The Morgan fingerprint density at radius 3 is 2.56 bits per heavy atom. The van der Waals surface area contributed by atoms with Crippen LogP contribution in [-0.4, -0.2) is 58.7 Å². The molecule has 2 aromatic carbocycles. The van der Waals surface area contributed by atoms with Gasteiger partial charge in [0.15, 0.2) is 0 Å². The summed E-state index contributed by atoms with van der Waals surface area (Å²) in [4.78, 5) is 46.9. The van der Waals surface area contributed by atoms with Gasteiger partial charge in [0, 0.05) is 37.6 Å². The number of pyridine rings is 1. The van der Waals surface area contributed by atoms with Crippen LogP contribution in [0.3, 0.4) is 0 Å². The lowest BCUT2D eigenvalue weighted by atomic mass is 10.1. The van der Waals surface area contributed by atoms with E-state index in [0.29, 0.717) is 12.6 Å². The Kier molecular flexibility index (Phi) is 8.15. The molecule has 0 spiro atoms. The van der Waals surface area contributed by atoms with Gasteiger partial charge < -0.3 is 19.3 Å². The standard InChI is InChI=1S/C29H24Cl2N6O5S/c1-2-41-28(40)26-34-35-29(43-26)33-25(38)17-13-20(31)24(14-19(17)30)42-23-9-10-32-15-18(23)27(39)37-12-11-36(16-7-8-16)21-5-3-4-6-22(21)37/h3-6,9-10,13-16H,2,7-8,11-12H2,1H3,(H,33,35,38). The molecule has 0 radical (unpaired) electrons. The summed E-state index contributed by atoms with van der Waals surface area (Å²) in [6.07, 6.45) is 5.28. The highest BCUT2D eigenvalue weighted by Crippen LogP contribution is 2.41. The lowest BCUT2D eigenvalue weighted by Crippen LogP contribution is -2.45. The number of para-hydroxylation sites is 2. The van der Waals surface area contributed by atoms with Crippen LogP contribution in [0.2, 0.25) is 10.0 Å². The third kappa shape index (κ3) is 5.99. The number of hydrogen-bond donors (Lipinski definition) is 1. The van der Waals surface area contributed by atoms with Crippen LogP contribution in [0.15, 0.2) is 54.9 Å². The van der Waals surface area contributed by atoms with Crippen LogP contribution >= 0.6 is 34.5 Å². The number of amides is 2. The molecule has 2 aromatic heterocycles. The number of fused-ring (bicyclic) bond motifs is 1. The van der Waals surface area contributed by atoms with Crippen molar-refractivity contribution >= 4 is 68.8 Å². The van der Waals surface area contributed by atoms with Gasteiger partial charge in [-0.2, -0.15) is 0 Å². The SMILES string of the molecule is CCOC(=O)c1nnc(NC(=O)c2cc(Cl)c(Oc3ccncc3C(=O)N3CCN(C4CC4)c4ccccc43)cc2Cl)s1. The first-order chi connectivity index (χ1) is 20.8. The number of carbonyl (C=O) groups excluding carboxylic acids is 3. The maximum absolute atomic E-state index is 13.9. The lowest BCUT2D eigenvalue weighted by Gasteiger charge is -2.38. The number of anilines is 3. The Balaban J connectivity index is 1.21. The van der Waals surface area contributed by atoms with Crippen LogP contribution in [0.25, 0.3) is 0 Å². The van der Waals surface area contributed by atoms with E-state index in [4.69, 9.17) is 32.7 Å². The van der Waals surface area contributed by atoms with E-state index in [2.05, 4.69) is 25.4 Å². The number of halogens is 2. The van der Waals surface area contributed by atoms with Crippen molar-refractivity contribution in [3.05, 3.63) is 81.0 Å². The quantitative estimate of drug-likeness (QED) is 0.228. The van der Waals surface area contributed by atoms with E-state index in [1.165, 1.54) is 24.5 Å². The van der Waals surface area contributed by atoms with Gasteiger partial charge in [-0.3, -0.25) is 19.9 Å². The van der Waals surface area contributed by atoms with Crippen molar-refractivity contribution < 1.29 is 23.9 Å². The van der Waals surface area contributed by atoms with Gasteiger partial charge in [-0.05, 0) is 44.0 Å². The van der Waals surface area contributed by atoms with Gasteiger partial charge in [-0.15, -0.1) is 10.2 Å². The highest BCUT2D eigenvalue weighted by molar-refractivity contribution is 7.17. The van der Waals surface area contributed by atoms with E-state index < -0.39 is 11.9 Å². The largest absolute Gasteiger partial charge is 0.461 e. The maximum atomic E-state index is 13.9. The molecule has 1 aliphatic heterocycles. The van der Waals surface area contributed by atoms with E-state index in [1.807, 2.05) is 24.3 Å². The van der Waals surface area contributed by atoms with Crippen molar-refractivity contribution in [2.75, 3.05) is 34.8 Å². The molecule has 1 fully saturated rings. The van der Waals surface area contributed by atoms with E-state index in [1.54, 1.807) is 17.9 Å². The summed E-state index contributed by atoms with van der Waals surface area (Å²) in [5.41, 5.74) is 2.16. The van der Waals surface area contributed by atoms with Gasteiger partial charge >= 0.3 is 5.97 Å². The molecule has 6 rings (SSSR count). The van der Waals surface area contributed by atoms with Crippen LogP contribution in [0.1, 0.15) is 50.3 Å². The first-order valence-electron chi connectivity index (χ1n) is 13.4. The number of nitrogens with one attached hydrogen (secondary N) is 1. The van der Waals surface area contributed by atoms with E-state index >= 15 is 0 Å². The minimum absolute atomic E-state index is 0.000936. The summed E-state index contributed by atoms with van der Waals surface area (Å²) in [5.74, 6) is -1.14. The number of esters is 1. The summed E-state index contributed by atoms with van der Waals surface area (Å²) < 4.78 is 11.0. The molecule has 1 aliphatic carbocycles. The van der Waals surface area contributed by atoms with E-state index in [-0.39, 0.29) is 55.3 Å². The molecule has 1 N–H and O–H groups in total. The van der Waals surface area contributed by atoms with Gasteiger partial charge in [0.05, 0.1) is 33.6 Å². The number of benzene rings is 2. The van der Waals surface area contributed by atoms with E-state index in [0.717, 1.165) is 42.1 Å². The number of aromatic nitrogens is 3. The number of nitrogens with zero attached hydrogens (tertiary/aromatic N) is 5. The molecule has 4 aromatic rings. The van der Waals surface area contributed by atoms with Gasteiger partial charge in [0.1, 0.15) is 17.1 Å². The monoisotopic (exact) mass is 638 g/mol. The van der Waals surface area contributed by atoms with Crippen LogP contribution in [0, 0.1) is 0 Å². The van der Waals surface area contributed by atoms with Crippen LogP contribution in [0.4, 0.5) is 16.5 Å². The molecule has 43 heavy (non-hydrogen) atoms. The van der Waals surface area contributed by atoms with Crippen molar-refractivity contribution in [2.45, 2.75) is 25.8 Å². The fourth-order valence-corrected chi connectivity index (χ4v) is 5.82. The third-order valence-corrected chi connectivity index (χ3v) is 8.30. The summed E-state index contributed by atoms with van der Waals surface area (Å²) in [6, 6.07) is 12.7. The second-order valence-corrected chi connectivity index (χ2v) is 11.5. The smallest absolute Gasteiger partial charge is 0.369 e. The number of carbonyl (C=O) groups is 3. The summed E-state index contributed by atoms with van der Waals surface area (Å²) in [6.45, 7) is 3.11. The Morgan fingerprint density at radius 1 is 1.00 bits per heavy atom. The molecular weight excluding hydrogens is 615 g/mol. The van der Waals surface area contributed by atoms with Crippen molar-refractivity contribution in [2.24, 2.45) is 0 Å². The van der Waals surface area contributed by atoms with Crippen molar-refractivity contribution in [3.8, 4) is 11.5 Å². The minimum atomic E-state index is -0.637. The zero-order valence-corrected chi connectivity index (χ0v) is 25.1. The topological polar surface area (TPSA) is 127 Å². The molecule has 11 nitrogen and oxygen atoms in total. The lowest BCUT2D eigenvalue weighted by molar-refractivity contribution is 0.0524. The second-order valence-electron chi connectivity index (χ2n) is 9.69. The highest BCUT2D eigenvalue weighted by atomic mass is 35.5. The highest BCUT2D eigenvalue weighted by Gasteiger charge is 2.36. The fourth-order valence-electron chi connectivity index (χ4n) is 4.75. The molecule has 220 valence electrons. The summed E-state index contributed by atoms with van der Waals surface area (Å²) in [5, 5.41) is 10.3. The Morgan fingerprint density at radius 2 is 1.79 bits per heavy atom. The number of rotatable bonds is 8. The van der Waals surface area contributed by atoms with Crippen LogP contribution in [-0.2, 0) is 4.74 Å². The molecule has 14 heteroatoms. The maximum Gasteiger partial charge on any atom is 0.369 e.